The zero-order valence-electron chi connectivity index (χ0n) is 13.0. The van der Waals surface area contributed by atoms with Crippen molar-refractivity contribution in [3.8, 4) is 0 Å². The number of halogens is 1. The first-order valence-corrected chi connectivity index (χ1v) is 7.35. The third-order valence-corrected chi connectivity index (χ3v) is 3.41. The lowest BCUT2D eigenvalue weighted by Crippen LogP contribution is -2.37. The van der Waals surface area contributed by atoms with Crippen molar-refractivity contribution in [3.05, 3.63) is 53.6 Å². The molecule has 0 atom stereocenters. The van der Waals surface area contributed by atoms with Gasteiger partial charge < -0.3 is 10.6 Å². The van der Waals surface area contributed by atoms with Crippen molar-refractivity contribution in [2.45, 2.75) is 19.4 Å². The summed E-state index contributed by atoms with van der Waals surface area (Å²) in [4.78, 5) is 4.18. The monoisotopic (exact) mass is 303 g/mol. The molecule has 2 N–H and O–H groups in total. The molecule has 1 aromatic carbocycles. The van der Waals surface area contributed by atoms with Crippen molar-refractivity contribution in [3.63, 3.8) is 0 Å². The molecule has 0 spiro atoms. The standard InChI is InChI=1S/C16H22FN5/c1-18-16(20-12-15-8-10-21-22(15)2)19-9-4-6-13-5-3-7-14(17)11-13/h3,5,7-8,10-11H,4,6,9,12H2,1-2H3,(H2,18,19,20). The van der Waals surface area contributed by atoms with Gasteiger partial charge >= 0.3 is 0 Å². The summed E-state index contributed by atoms with van der Waals surface area (Å²) in [5.74, 6) is 0.569. The van der Waals surface area contributed by atoms with Gasteiger partial charge in [0.2, 0.25) is 0 Å². The fourth-order valence-corrected chi connectivity index (χ4v) is 2.16. The molecule has 2 rings (SSSR count). The normalized spacial score (nSPS) is 11.5. The van der Waals surface area contributed by atoms with Crippen LogP contribution in [0.3, 0.4) is 0 Å². The first kappa shape index (κ1) is 16.0. The fourth-order valence-electron chi connectivity index (χ4n) is 2.16. The predicted octanol–water partition coefficient (Wildman–Crippen LogP) is 1.86. The number of guanidine groups is 1. The molecule has 0 amide bonds. The molecule has 2 aromatic rings. The van der Waals surface area contributed by atoms with Crippen LogP contribution in [0.4, 0.5) is 4.39 Å². The van der Waals surface area contributed by atoms with Crippen LogP contribution in [-0.2, 0) is 20.0 Å². The third kappa shape index (κ3) is 4.87. The van der Waals surface area contributed by atoms with Gasteiger partial charge in [-0.3, -0.25) is 9.67 Å². The number of nitrogens with zero attached hydrogens (tertiary/aromatic N) is 3. The molecule has 0 unspecified atom stereocenters. The van der Waals surface area contributed by atoms with Crippen molar-refractivity contribution in [1.82, 2.24) is 20.4 Å². The van der Waals surface area contributed by atoms with E-state index in [0.29, 0.717) is 6.54 Å². The maximum absolute atomic E-state index is 13.1. The van der Waals surface area contributed by atoms with E-state index in [1.165, 1.54) is 6.07 Å². The molecule has 0 fully saturated rings. The van der Waals surface area contributed by atoms with E-state index in [0.717, 1.165) is 36.6 Å². The third-order valence-electron chi connectivity index (χ3n) is 3.41. The molecule has 22 heavy (non-hydrogen) atoms. The number of aryl methyl sites for hydroxylation is 2. The molecule has 0 aliphatic carbocycles. The average molecular weight is 303 g/mol. The van der Waals surface area contributed by atoms with Gasteiger partial charge in [0.1, 0.15) is 5.82 Å². The molecule has 0 saturated heterocycles. The Morgan fingerprint density at radius 3 is 2.86 bits per heavy atom. The number of hydrogen-bond acceptors (Lipinski definition) is 2. The molecule has 0 aliphatic rings. The molecular formula is C16H22FN5. The zero-order valence-corrected chi connectivity index (χ0v) is 13.0. The number of rotatable bonds is 6. The van der Waals surface area contributed by atoms with E-state index in [1.54, 1.807) is 25.4 Å². The molecule has 5 nitrogen and oxygen atoms in total. The lowest BCUT2D eigenvalue weighted by atomic mass is 10.1. The van der Waals surface area contributed by atoms with Crippen LogP contribution in [0.25, 0.3) is 0 Å². The van der Waals surface area contributed by atoms with Crippen LogP contribution in [0.15, 0.2) is 41.5 Å². The van der Waals surface area contributed by atoms with Gasteiger partial charge in [-0.2, -0.15) is 5.10 Å². The van der Waals surface area contributed by atoms with E-state index >= 15 is 0 Å². The number of aliphatic imine (C=N–C) groups is 1. The van der Waals surface area contributed by atoms with Crippen LogP contribution < -0.4 is 10.6 Å². The second-order valence-corrected chi connectivity index (χ2v) is 5.03. The van der Waals surface area contributed by atoms with Crippen molar-refractivity contribution in [2.75, 3.05) is 13.6 Å². The minimum atomic E-state index is -0.181. The van der Waals surface area contributed by atoms with Crippen molar-refractivity contribution in [2.24, 2.45) is 12.0 Å². The van der Waals surface area contributed by atoms with Gasteiger partial charge in [-0.15, -0.1) is 0 Å². The minimum absolute atomic E-state index is 0.181. The van der Waals surface area contributed by atoms with Crippen LogP contribution in [0.2, 0.25) is 0 Å². The largest absolute Gasteiger partial charge is 0.356 e. The number of aromatic nitrogens is 2. The number of nitrogens with one attached hydrogen (secondary N) is 2. The van der Waals surface area contributed by atoms with E-state index in [-0.39, 0.29) is 5.82 Å². The topological polar surface area (TPSA) is 54.2 Å². The average Bonchev–Trinajstić information content (AvgIpc) is 2.92. The number of hydrogen-bond donors (Lipinski definition) is 2. The smallest absolute Gasteiger partial charge is 0.191 e. The summed E-state index contributed by atoms with van der Waals surface area (Å²) in [5, 5.41) is 10.6. The van der Waals surface area contributed by atoms with Gasteiger partial charge in [-0.05, 0) is 36.6 Å². The fraction of sp³-hybridized carbons (Fsp3) is 0.375. The highest BCUT2D eigenvalue weighted by molar-refractivity contribution is 5.79. The molecule has 0 saturated carbocycles. The van der Waals surface area contributed by atoms with Crippen LogP contribution in [0.1, 0.15) is 17.7 Å². The Labute approximate surface area is 130 Å². The lowest BCUT2D eigenvalue weighted by molar-refractivity contribution is 0.624. The summed E-state index contributed by atoms with van der Waals surface area (Å²) in [5.41, 5.74) is 2.10. The van der Waals surface area contributed by atoms with Crippen LogP contribution in [0.5, 0.6) is 0 Å². The summed E-state index contributed by atoms with van der Waals surface area (Å²) < 4.78 is 14.9. The Hall–Kier alpha value is -2.37. The van der Waals surface area contributed by atoms with Gasteiger partial charge in [-0.25, -0.2) is 4.39 Å². The molecule has 0 aliphatic heterocycles. The molecule has 6 heteroatoms. The molecule has 118 valence electrons. The van der Waals surface area contributed by atoms with Gasteiger partial charge in [0, 0.05) is 26.8 Å². The highest BCUT2D eigenvalue weighted by atomic mass is 19.1. The van der Waals surface area contributed by atoms with E-state index in [9.17, 15) is 4.39 Å². The van der Waals surface area contributed by atoms with Crippen molar-refractivity contribution < 1.29 is 4.39 Å². The van der Waals surface area contributed by atoms with Gasteiger partial charge in [0.25, 0.3) is 0 Å². The summed E-state index contributed by atoms with van der Waals surface area (Å²) in [6.07, 6.45) is 3.52. The van der Waals surface area contributed by atoms with Crippen molar-refractivity contribution >= 4 is 5.96 Å². The second kappa shape index (κ2) is 8.17. The summed E-state index contributed by atoms with van der Waals surface area (Å²) >= 11 is 0. The Morgan fingerprint density at radius 1 is 1.32 bits per heavy atom. The van der Waals surface area contributed by atoms with Crippen LogP contribution in [-0.4, -0.2) is 29.3 Å². The lowest BCUT2D eigenvalue weighted by Gasteiger charge is -2.12. The predicted molar refractivity (Wildman–Crippen MR) is 86.1 cm³/mol. The number of benzene rings is 1. The summed E-state index contributed by atoms with van der Waals surface area (Å²) in [6.45, 7) is 1.45. The molecular weight excluding hydrogens is 281 g/mol. The van der Waals surface area contributed by atoms with Crippen molar-refractivity contribution in [1.29, 1.82) is 0 Å². The van der Waals surface area contributed by atoms with E-state index in [2.05, 4.69) is 20.7 Å². The minimum Gasteiger partial charge on any atom is -0.356 e. The van der Waals surface area contributed by atoms with E-state index in [1.807, 2.05) is 23.9 Å². The first-order valence-electron chi connectivity index (χ1n) is 7.35. The zero-order chi connectivity index (χ0) is 15.8. The Bertz CT molecular complexity index is 621. The Kier molecular flexibility index (Phi) is 5.94. The van der Waals surface area contributed by atoms with Gasteiger partial charge in [0.15, 0.2) is 5.96 Å². The SMILES string of the molecule is CN=C(NCCCc1cccc(F)c1)NCc1ccnn1C. The molecule has 0 radical (unpaired) electrons. The molecule has 1 aromatic heterocycles. The Morgan fingerprint density at radius 2 is 2.18 bits per heavy atom. The van der Waals surface area contributed by atoms with Gasteiger partial charge in [-0.1, -0.05) is 12.1 Å². The van der Waals surface area contributed by atoms with E-state index in [4.69, 9.17) is 0 Å². The summed E-state index contributed by atoms with van der Waals surface area (Å²) in [7, 11) is 3.65. The molecule has 0 bridgehead atoms. The molecule has 1 heterocycles. The summed E-state index contributed by atoms with van der Waals surface area (Å²) in [6, 6.07) is 8.69. The highest BCUT2D eigenvalue weighted by Crippen LogP contribution is 2.05. The first-order chi connectivity index (χ1) is 10.7. The quantitative estimate of drug-likeness (QED) is 0.486. The maximum Gasteiger partial charge on any atom is 0.191 e. The maximum atomic E-state index is 13.1. The highest BCUT2D eigenvalue weighted by Gasteiger charge is 2.01. The van der Waals surface area contributed by atoms with E-state index < -0.39 is 0 Å². The second-order valence-electron chi connectivity index (χ2n) is 5.03. The van der Waals surface area contributed by atoms with Crippen LogP contribution >= 0.6 is 0 Å². The van der Waals surface area contributed by atoms with Crippen LogP contribution in [0, 0.1) is 5.82 Å². The Balaban J connectivity index is 1.69. The van der Waals surface area contributed by atoms with Gasteiger partial charge in [0.05, 0.1) is 12.2 Å².